The van der Waals surface area contributed by atoms with Gasteiger partial charge in [-0.25, -0.2) is 0 Å². The summed E-state index contributed by atoms with van der Waals surface area (Å²) in [6.45, 7) is 6.14. The average Bonchev–Trinajstić information content (AvgIpc) is 2.43. The van der Waals surface area contributed by atoms with Gasteiger partial charge >= 0.3 is 5.97 Å². The lowest BCUT2D eigenvalue weighted by Crippen LogP contribution is -2.53. The highest BCUT2D eigenvalue weighted by molar-refractivity contribution is 5.80. The van der Waals surface area contributed by atoms with Crippen LogP contribution in [-0.4, -0.2) is 74.6 Å². The van der Waals surface area contributed by atoms with Crippen LogP contribution in [0.2, 0.25) is 0 Å². The number of hydrogen-bond donors (Lipinski definition) is 1. The second-order valence-electron chi connectivity index (χ2n) is 4.49. The van der Waals surface area contributed by atoms with Crippen molar-refractivity contribution in [3.8, 4) is 0 Å². The Kier molecular flexibility index (Phi) is 6.07. The first-order valence-corrected chi connectivity index (χ1v) is 6.33. The molecule has 0 spiro atoms. The Hall–Kier alpha value is -1.14. The van der Waals surface area contributed by atoms with Gasteiger partial charge in [0.05, 0.1) is 19.6 Å². The van der Waals surface area contributed by atoms with E-state index in [9.17, 15) is 9.59 Å². The van der Waals surface area contributed by atoms with Crippen LogP contribution in [0.5, 0.6) is 0 Å². The average molecular weight is 257 g/mol. The van der Waals surface area contributed by atoms with Gasteiger partial charge in [-0.15, -0.1) is 0 Å². The summed E-state index contributed by atoms with van der Waals surface area (Å²) < 4.78 is 4.62. The standard InChI is InChI=1S/C12H23N3O3/c1-10(12(17)13-2)15-8-6-14(7-9-15)5-4-11(16)18-3/h10H,4-9H2,1-3H3,(H,13,17). The zero-order chi connectivity index (χ0) is 13.5. The molecule has 1 aliphatic rings. The van der Waals surface area contributed by atoms with Crippen LogP contribution in [0, 0.1) is 0 Å². The lowest BCUT2D eigenvalue weighted by Gasteiger charge is -2.37. The number of methoxy groups -OCH3 is 1. The molecule has 0 saturated carbocycles. The van der Waals surface area contributed by atoms with E-state index in [1.165, 1.54) is 7.11 Å². The molecule has 1 aliphatic heterocycles. The molecule has 104 valence electrons. The number of likely N-dealkylation sites (N-methyl/N-ethyl adjacent to an activating group) is 1. The molecule has 1 rings (SSSR count). The molecule has 0 radical (unpaired) electrons. The zero-order valence-electron chi connectivity index (χ0n) is 11.4. The van der Waals surface area contributed by atoms with Gasteiger partial charge in [-0.05, 0) is 6.92 Å². The first kappa shape index (κ1) is 14.9. The van der Waals surface area contributed by atoms with Crippen molar-refractivity contribution in [1.82, 2.24) is 15.1 Å². The van der Waals surface area contributed by atoms with Crippen molar-refractivity contribution in [3.63, 3.8) is 0 Å². The first-order chi connectivity index (χ1) is 8.58. The third-order valence-corrected chi connectivity index (χ3v) is 3.44. The van der Waals surface area contributed by atoms with Gasteiger partial charge in [0.2, 0.25) is 5.91 Å². The Morgan fingerprint density at radius 1 is 1.28 bits per heavy atom. The number of hydrogen-bond acceptors (Lipinski definition) is 5. The van der Waals surface area contributed by atoms with E-state index < -0.39 is 0 Å². The van der Waals surface area contributed by atoms with E-state index in [0.717, 1.165) is 32.7 Å². The van der Waals surface area contributed by atoms with Crippen LogP contribution in [-0.2, 0) is 14.3 Å². The number of nitrogens with zero attached hydrogens (tertiary/aromatic N) is 2. The van der Waals surface area contributed by atoms with Gasteiger partial charge in [0.1, 0.15) is 0 Å². The molecule has 0 bridgehead atoms. The Labute approximate surface area is 108 Å². The Morgan fingerprint density at radius 3 is 2.39 bits per heavy atom. The Morgan fingerprint density at radius 2 is 1.89 bits per heavy atom. The van der Waals surface area contributed by atoms with Gasteiger partial charge in [-0.2, -0.15) is 0 Å². The van der Waals surface area contributed by atoms with Crippen molar-refractivity contribution in [2.75, 3.05) is 46.9 Å². The molecule has 1 fully saturated rings. The van der Waals surface area contributed by atoms with E-state index in [1.54, 1.807) is 7.05 Å². The molecule has 0 aliphatic carbocycles. The highest BCUT2D eigenvalue weighted by atomic mass is 16.5. The lowest BCUT2D eigenvalue weighted by atomic mass is 10.2. The van der Waals surface area contributed by atoms with Crippen LogP contribution in [0.15, 0.2) is 0 Å². The number of amides is 1. The van der Waals surface area contributed by atoms with Crippen LogP contribution >= 0.6 is 0 Å². The molecule has 1 saturated heterocycles. The molecule has 1 amide bonds. The maximum absolute atomic E-state index is 11.5. The molecule has 6 heteroatoms. The van der Waals surface area contributed by atoms with E-state index in [1.807, 2.05) is 6.92 Å². The van der Waals surface area contributed by atoms with Crippen molar-refractivity contribution in [3.05, 3.63) is 0 Å². The van der Waals surface area contributed by atoms with Crippen molar-refractivity contribution in [2.24, 2.45) is 0 Å². The van der Waals surface area contributed by atoms with Crippen LogP contribution < -0.4 is 5.32 Å². The van der Waals surface area contributed by atoms with Crippen LogP contribution in [0.1, 0.15) is 13.3 Å². The highest BCUT2D eigenvalue weighted by Crippen LogP contribution is 2.07. The highest BCUT2D eigenvalue weighted by Gasteiger charge is 2.24. The van der Waals surface area contributed by atoms with Gasteiger partial charge in [-0.3, -0.25) is 14.5 Å². The molecule has 1 N–H and O–H groups in total. The SMILES string of the molecule is CNC(=O)C(C)N1CCN(CCC(=O)OC)CC1. The minimum absolute atomic E-state index is 0.0537. The summed E-state index contributed by atoms with van der Waals surface area (Å²) in [6, 6.07) is -0.0854. The Balaban J connectivity index is 2.28. The second kappa shape index (κ2) is 7.33. The molecule has 1 unspecified atom stereocenters. The summed E-state index contributed by atoms with van der Waals surface area (Å²) in [5, 5.41) is 2.67. The molecule has 1 atom stereocenters. The maximum atomic E-state index is 11.5. The number of carbonyl (C=O) groups is 2. The van der Waals surface area contributed by atoms with Crippen LogP contribution in [0.3, 0.4) is 0 Å². The van der Waals surface area contributed by atoms with Crippen molar-refractivity contribution in [1.29, 1.82) is 0 Å². The normalized spacial score (nSPS) is 19.3. The lowest BCUT2D eigenvalue weighted by molar-refractivity contribution is -0.141. The number of piperazine rings is 1. The van der Waals surface area contributed by atoms with E-state index in [-0.39, 0.29) is 17.9 Å². The summed E-state index contributed by atoms with van der Waals surface area (Å²) in [7, 11) is 3.07. The zero-order valence-corrected chi connectivity index (χ0v) is 11.4. The largest absolute Gasteiger partial charge is 0.469 e. The Bertz CT molecular complexity index is 288. The number of esters is 1. The molecule has 1 heterocycles. The topological polar surface area (TPSA) is 61.9 Å². The fourth-order valence-electron chi connectivity index (χ4n) is 2.10. The fourth-order valence-corrected chi connectivity index (χ4v) is 2.10. The van der Waals surface area contributed by atoms with Gasteiger partial charge in [-0.1, -0.05) is 0 Å². The second-order valence-corrected chi connectivity index (χ2v) is 4.49. The minimum Gasteiger partial charge on any atom is -0.469 e. The number of ether oxygens (including phenoxy) is 1. The first-order valence-electron chi connectivity index (χ1n) is 6.33. The van der Waals surface area contributed by atoms with Crippen molar-refractivity contribution in [2.45, 2.75) is 19.4 Å². The molecule has 0 aromatic carbocycles. The summed E-state index contributed by atoms with van der Waals surface area (Å²) >= 11 is 0. The number of nitrogens with one attached hydrogen (secondary N) is 1. The molecule has 18 heavy (non-hydrogen) atoms. The predicted octanol–water partition coefficient (Wildman–Crippen LogP) is -0.698. The van der Waals surface area contributed by atoms with Gasteiger partial charge in [0.25, 0.3) is 0 Å². The third kappa shape index (κ3) is 4.27. The third-order valence-electron chi connectivity index (χ3n) is 3.44. The molecular weight excluding hydrogens is 234 g/mol. The summed E-state index contributed by atoms with van der Waals surface area (Å²) in [5.74, 6) is -0.117. The van der Waals surface area contributed by atoms with Crippen LogP contribution in [0.25, 0.3) is 0 Å². The van der Waals surface area contributed by atoms with Gasteiger partial charge in [0, 0.05) is 39.8 Å². The van der Waals surface area contributed by atoms with Crippen molar-refractivity contribution < 1.29 is 14.3 Å². The van der Waals surface area contributed by atoms with Crippen LogP contribution in [0.4, 0.5) is 0 Å². The van der Waals surface area contributed by atoms with E-state index in [4.69, 9.17) is 0 Å². The quantitative estimate of drug-likeness (QED) is 0.660. The van der Waals surface area contributed by atoms with E-state index in [0.29, 0.717) is 6.42 Å². The number of carbonyl (C=O) groups excluding carboxylic acids is 2. The van der Waals surface area contributed by atoms with Gasteiger partial charge < -0.3 is 15.0 Å². The maximum Gasteiger partial charge on any atom is 0.306 e. The number of rotatable bonds is 5. The predicted molar refractivity (Wildman–Crippen MR) is 68.2 cm³/mol. The molecule has 0 aromatic heterocycles. The molecular formula is C12H23N3O3. The van der Waals surface area contributed by atoms with Gasteiger partial charge in [0.15, 0.2) is 0 Å². The summed E-state index contributed by atoms with van der Waals surface area (Å²) in [6.07, 6.45) is 0.432. The monoisotopic (exact) mass is 257 g/mol. The van der Waals surface area contributed by atoms with E-state index in [2.05, 4.69) is 19.9 Å². The smallest absolute Gasteiger partial charge is 0.306 e. The van der Waals surface area contributed by atoms with Crippen molar-refractivity contribution >= 4 is 11.9 Å². The fraction of sp³-hybridized carbons (Fsp3) is 0.833. The summed E-state index contributed by atoms with van der Waals surface area (Å²) in [5.41, 5.74) is 0. The molecule has 0 aromatic rings. The minimum atomic E-state index is -0.170. The summed E-state index contributed by atoms with van der Waals surface area (Å²) in [4.78, 5) is 26.9. The molecule has 6 nitrogen and oxygen atoms in total. The van der Waals surface area contributed by atoms with E-state index >= 15 is 0 Å².